The Morgan fingerprint density at radius 2 is 2.35 bits per heavy atom. The first-order chi connectivity index (χ1) is 8.13. The number of carbonyl (C=O) groups excluding carboxylic acids is 2. The van der Waals surface area contributed by atoms with Crippen LogP contribution >= 0.6 is 11.8 Å². The molecule has 0 aliphatic rings. The number of alkyl carbamates (subject to hydrolysis) is 1. The minimum absolute atomic E-state index is 0.0556. The summed E-state index contributed by atoms with van der Waals surface area (Å²) in [4.78, 5) is 26.2. The molecule has 2 amide bonds. The average Bonchev–Trinajstić information content (AvgIpc) is 2.28. The molecule has 0 saturated carbocycles. The molecule has 0 aromatic carbocycles. The van der Waals surface area contributed by atoms with Gasteiger partial charge in [-0.05, 0) is 19.1 Å². The summed E-state index contributed by atoms with van der Waals surface area (Å²) in [7, 11) is 0. The van der Waals surface area contributed by atoms with Crippen LogP contribution in [0.1, 0.15) is 6.92 Å². The molecule has 1 heterocycles. The fourth-order valence-corrected chi connectivity index (χ4v) is 1.68. The normalized spacial score (nSPS) is 9.71. The van der Waals surface area contributed by atoms with Crippen LogP contribution in [-0.2, 0) is 9.53 Å². The van der Waals surface area contributed by atoms with E-state index in [0.717, 1.165) is 11.8 Å². The maximum Gasteiger partial charge on any atom is 0.413 e. The van der Waals surface area contributed by atoms with Gasteiger partial charge in [-0.25, -0.2) is 9.78 Å². The molecule has 1 aromatic rings. The van der Waals surface area contributed by atoms with Crippen molar-refractivity contribution in [3.8, 4) is 0 Å². The maximum absolute atomic E-state index is 11.3. The number of aromatic nitrogens is 1. The molecule has 1 aromatic heterocycles. The number of nitrogens with one attached hydrogen (secondary N) is 1. The monoisotopic (exact) mass is 255 g/mol. The van der Waals surface area contributed by atoms with Crippen molar-refractivity contribution < 1.29 is 14.3 Å². The minimum atomic E-state index is -0.743. The smallest absolute Gasteiger partial charge is 0.413 e. The summed E-state index contributed by atoms with van der Waals surface area (Å²) in [5.74, 6) is -0.390. The zero-order valence-corrected chi connectivity index (χ0v) is 10.1. The third-order valence-corrected chi connectivity index (χ3v) is 2.68. The topological polar surface area (TPSA) is 94.3 Å². The van der Waals surface area contributed by atoms with Gasteiger partial charge in [0.15, 0.2) is 0 Å². The fourth-order valence-electron chi connectivity index (χ4n) is 0.975. The number of ether oxygens (including phenoxy) is 1. The van der Waals surface area contributed by atoms with Crippen LogP contribution in [0.15, 0.2) is 23.4 Å². The van der Waals surface area contributed by atoms with E-state index < -0.39 is 12.0 Å². The molecular formula is C10H13N3O3S. The van der Waals surface area contributed by atoms with Crippen molar-refractivity contribution in [2.45, 2.75) is 11.9 Å². The van der Waals surface area contributed by atoms with Gasteiger partial charge in [0, 0.05) is 6.20 Å². The first-order valence-corrected chi connectivity index (χ1v) is 5.92. The number of nitrogens with two attached hydrogens (primary N) is 1. The molecule has 0 aliphatic heterocycles. The Hall–Kier alpha value is -1.76. The molecule has 0 bridgehead atoms. The highest BCUT2D eigenvalue weighted by molar-refractivity contribution is 8.00. The zero-order chi connectivity index (χ0) is 12.7. The summed E-state index contributed by atoms with van der Waals surface area (Å²) in [6.07, 6.45) is 0.842. The number of hydrogen-bond acceptors (Lipinski definition) is 6. The Bertz CT molecular complexity index is 412. The number of imide groups is 1. The van der Waals surface area contributed by atoms with Crippen molar-refractivity contribution >= 4 is 29.4 Å². The van der Waals surface area contributed by atoms with Crippen LogP contribution in [-0.4, -0.2) is 29.3 Å². The SMILES string of the molecule is CCOC(=O)NC(=O)CSc1ncccc1N. The predicted octanol–water partition coefficient (Wildman–Crippen LogP) is 1.03. The lowest BCUT2D eigenvalue weighted by molar-refractivity contribution is -0.117. The van der Waals surface area contributed by atoms with E-state index in [9.17, 15) is 9.59 Å². The van der Waals surface area contributed by atoms with E-state index in [1.165, 1.54) is 0 Å². The van der Waals surface area contributed by atoms with Crippen LogP contribution in [0.3, 0.4) is 0 Å². The van der Waals surface area contributed by atoms with Crippen LogP contribution in [0.25, 0.3) is 0 Å². The van der Waals surface area contributed by atoms with Crippen molar-refractivity contribution in [1.82, 2.24) is 10.3 Å². The van der Waals surface area contributed by atoms with Crippen molar-refractivity contribution in [2.75, 3.05) is 18.1 Å². The molecule has 0 spiro atoms. The predicted molar refractivity (Wildman–Crippen MR) is 64.5 cm³/mol. The van der Waals surface area contributed by atoms with Crippen molar-refractivity contribution in [3.63, 3.8) is 0 Å². The van der Waals surface area contributed by atoms with Crippen molar-refractivity contribution in [3.05, 3.63) is 18.3 Å². The van der Waals surface area contributed by atoms with Crippen molar-refractivity contribution in [2.24, 2.45) is 0 Å². The number of thioether (sulfide) groups is 1. The maximum atomic E-state index is 11.3. The number of amides is 2. The summed E-state index contributed by atoms with van der Waals surface area (Å²) < 4.78 is 4.57. The molecule has 0 fully saturated rings. The third-order valence-electron chi connectivity index (χ3n) is 1.66. The molecule has 0 aliphatic carbocycles. The molecule has 0 saturated heterocycles. The standard InChI is InChI=1S/C10H13N3O3S/c1-2-16-10(15)13-8(14)6-17-9-7(11)4-3-5-12-9/h3-5H,2,6,11H2,1H3,(H,13,14,15). The van der Waals surface area contributed by atoms with Gasteiger partial charge in [-0.1, -0.05) is 11.8 Å². The molecule has 0 radical (unpaired) electrons. The highest BCUT2D eigenvalue weighted by atomic mass is 32.2. The summed E-state index contributed by atoms with van der Waals surface area (Å²) in [6, 6.07) is 3.40. The lowest BCUT2D eigenvalue weighted by atomic mass is 10.4. The Morgan fingerprint density at radius 3 is 3.00 bits per heavy atom. The number of nitrogen functional groups attached to an aromatic ring is 1. The number of anilines is 1. The van der Waals surface area contributed by atoms with Gasteiger partial charge in [0.1, 0.15) is 5.03 Å². The second-order valence-electron chi connectivity index (χ2n) is 2.96. The van der Waals surface area contributed by atoms with Gasteiger partial charge in [-0.3, -0.25) is 10.1 Å². The Balaban J connectivity index is 2.38. The first-order valence-electron chi connectivity index (χ1n) is 4.93. The second-order valence-corrected chi connectivity index (χ2v) is 3.92. The van der Waals surface area contributed by atoms with Gasteiger partial charge in [-0.15, -0.1) is 0 Å². The van der Waals surface area contributed by atoms with Crippen LogP contribution in [0, 0.1) is 0 Å². The number of hydrogen-bond donors (Lipinski definition) is 2. The van der Waals surface area contributed by atoms with Crippen LogP contribution < -0.4 is 11.1 Å². The summed E-state index contributed by atoms with van der Waals surface area (Å²) in [6.45, 7) is 1.88. The number of nitrogens with zero attached hydrogens (tertiary/aromatic N) is 1. The van der Waals surface area contributed by atoms with Crippen LogP contribution in [0.5, 0.6) is 0 Å². The van der Waals surface area contributed by atoms with Crippen LogP contribution in [0.2, 0.25) is 0 Å². The number of pyridine rings is 1. The molecule has 0 atom stereocenters. The van der Waals surface area contributed by atoms with Gasteiger partial charge in [-0.2, -0.15) is 0 Å². The molecule has 92 valence electrons. The molecule has 6 nitrogen and oxygen atoms in total. The Labute approximate surface area is 103 Å². The van der Waals surface area contributed by atoms with E-state index in [1.54, 1.807) is 25.3 Å². The summed E-state index contributed by atoms with van der Waals surface area (Å²) >= 11 is 1.16. The van der Waals surface area contributed by atoms with E-state index in [1.807, 2.05) is 0 Å². The number of carbonyl (C=O) groups is 2. The van der Waals surface area contributed by atoms with E-state index >= 15 is 0 Å². The molecule has 1 rings (SSSR count). The largest absolute Gasteiger partial charge is 0.450 e. The number of rotatable bonds is 4. The van der Waals surface area contributed by atoms with Crippen LogP contribution in [0.4, 0.5) is 10.5 Å². The summed E-state index contributed by atoms with van der Waals surface area (Å²) in [5.41, 5.74) is 6.15. The molecule has 7 heteroatoms. The minimum Gasteiger partial charge on any atom is -0.450 e. The second kappa shape index (κ2) is 6.74. The van der Waals surface area contributed by atoms with Gasteiger partial charge in [0.05, 0.1) is 18.0 Å². The van der Waals surface area contributed by atoms with Gasteiger partial charge < -0.3 is 10.5 Å². The summed E-state index contributed by atoms with van der Waals surface area (Å²) in [5, 5.41) is 2.64. The van der Waals surface area contributed by atoms with E-state index in [0.29, 0.717) is 10.7 Å². The van der Waals surface area contributed by atoms with Gasteiger partial charge >= 0.3 is 6.09 Å². The highest BCUT2D eigenvalue weighted by Crippen LogP contribution is 2.20. The van der Waals surface area contributed by atoms with Crippen molar-refractivity contribution in [1.29, 1.82) is 0 Å². The molecule has 17 heavy (non-hydrogen) atoms. The lowest BCUT2D eigenvalue weighted by Crippen LogP contribution is -2.32. The Morgan fingerprint density at radius 1 is 1.59 bits per heavy atom. The molecule has 3 N–H and O–H groups in total. The molecular weight excluding hydrogens is 242 g/mol. The van der Waals surface area contributed by atoms with E-state index in [-0.39, 0.29) is 12.4 Å². The zero-order valence-electron chi connectivity index (χ0n) is 9.30. The lowest BCUT2D eigenvalue weighted by Gasteiger charge is -2.04. The Kier molecular flexibility index (Phi) is 5.28. The first kappa shape index (κ1) is 13.3. The van der Waals surface area contributed by atoms with Gasteiger partial charge in [0.25, 0.3) is 0 Å². The average molecular weight is 255 g/mol. The quantitative estimate of drug-likeness (QED) is 0.780. The molecule has 0 unspecified atom stereocenters. The fraction of sp³-hybridized carbons (Fsp3) is 0.300. The van der Waals surface area contributed by atoms with Gasteiger partial charge in [0.2, 0.25) is 5.91 Å². The van der Waals surface area contributed by atoms with E-state index in [4.69, 9.17) is 5.73 Å². The highest BCUT2D eigenvalue weighted by Gasteiger charge is 2.09. The third kappa shape index (κ3) is 4.73. The van der Waals surface area contributed by atoms with E-state index in [2.05, 4.69) is 15.0 Å².